The van der Waals surface area contributed by atoms with E-state index in [1.54, 1.807) is 0 Å². The van der Waals surface area contributed by atoms with Crippen LogP contribution in [0.3, 0.4) is 0 Å². The van der Waals surface area contributed by atoms with E-state index in [0.29, 0.717) is 0 Å². The van der Waals surface area contributed by atoms with Gasteiger partial charge in [-0.25, -0.2) is 0 Å². The number of hydrogen-bond acceptors (Lipinski definition) is 3. The molecule has 0 amide bonds. The fraction of sp³-hybridized carbons (Fsp3) is 0.143. The van der Waals surface area contributed by atoms with Crippen molar-refractivity contribution in [3.05, 3.63) is 24.3 Å². The number of ether oxygens (including phenoxy) is 1. The molecule has 0 aliphatic carbocycles. The van der Waals surface area contributed by atoms with Crippen LogP contribution in [-0.4, -0.2) is 25.2 Å². The summed E-state index contributed by atoms with van der Waals surface area (Å²) in [6, 6.07) is 5.15. The van der Waals surface area contributed by atoms with Gasteiger partial charge in [0.1, 0.15) is 0 Å². The largest absolute Gasteiger partial charge is 0.870 e. The molecule has 0 heterocycles. The van der Waals surface area contributed by atoms with Crippen LogP contribution in [0.4, 0.5) is 13.2 Å². The predicted octanol–water partition coefficient (Wildman–Crippen LogP) is 1.03. The van der Waals surface area contributed by atoms with Crippen LogP contribution >= 0.6 is 0 Å². The fourth-order valence-electron chi connectivity index (χ4n) is 0.712. The number of alkyl halides is 3. The van der Waals surface area contributed by atoms with E-state index in [0.717, 1.165) is 6.07 Å². The first-order chi connectivity index (χ1) is 5.47. The topological polar surface area (TPSA) is 69.2 Å². The Balaban J connectivity index is 0. The van der Waals surface area contributed by atoms with Crippen molar-refractivity contribution in [1.82, 2.24) is 0 Å². The van der Waals surface area contributed by atoms with Crippen LogP contribution in [0.2, 0.25) is 0 Å². The zero-order chi connectivity index (χ0) is 9.19. The minimum absolute atomic E-state index is 0. The Bertz CT molecular complexity index is 277. The molecule has 0 saturated carbocycles. The molecule has 1 aromatic rings. The molecule has 0 atom stereocenters. The summed E-state index contributed by atoms with van der Waals surface area (Å²) in [5.74, 6) is -0.303. The van der Waals surface area contributed by atoms with Gasteiger partial charge in [0.2, 0.25) is 0 Å². The quantitative estimate of drug-likeness (QED) is 0.644. The average Bonchev–Trinajstić information content (AvgIpc) is 1.82. The maximum atomic E-state index is 11.6. The molecule has 0 saturated heterocycles. The molecule has 0 bridgehead atoms. The molecular formula is C7H6BF3O3. The molecule has 0 unspecified atom stereocenters. The van der Waals surface area contributed by atoms with E-state index in [4.69, 9.17) is 7.85 Å². The second-order valence-corrected chi connectivity index (χ2v) is 2.12. The Hall–Kier alpha value is -1.21. The Kier molecular flexibility index (Phi) is 6.01. The van der Waals surface area contributed by atoms with E-state index >= 15 is 0 Å². The van der Waals surface area contributed by atoms with Crippen molar-refractivity contribution < 1.29 is 28.9 Å². The Morgan fingerprint density at radius 3 is 2.14 bits per heavy atom. The Morgan fingerprint density at radius 2 is 1.71 bits per heavy atom. The van der Waals surface area contributed by atoms with Gasteiger partial charge in [0.25, 0.3) is 0 Å². The summed E-state index contributed by atoms with van der Waals surface area (Å²) in [4.78, 5) is 0. The van der Waals surface area contributed by atoms with Gasteiger partial charge in [0.05, 0.1) is 0 Å². The first kappa shape index (κ1) is 15.3. The summed E-state index contributed by atoms with van der Waals surface area (Å²) in [5.41, 5.74) is 0.233. The SMILES string of the molecule is [B+2]c1cccc(OC(F)(F)F)c1.[OH-].[OH-]. The molecule has 2 N–H and O–H groups in total. The van der Waals surface area contributed by atoms with Crippen molar-refractivity contribution in [3.63, 3.8) is 0 Å². The monoisotopic (exact) mass is 206 g/mol. The van der Waals surface area contributed by atoms with Crippen molar-refractivity contribution in [2.75, 3.05) is 0 Å². The molecule has 0 aliphatic heterocycles. The third kappa shape index (κ3) is 5.44. The zero-order valence-corrected chi connectivity index (χ0v) is 6.82. The van der Waals surface area contributed by atoms with E-state index < -0.39 is 6.36 Å². The van der Waals surface area contributed by atoms with Gasteiger partial charge in [-0.3, -0.25) is 0 Å². The van der Waals surface area contributed by atoms with Crippen molar-refractivity contribution in [2.24, 2.45) is 0 Å². The molecule has 0 aliphatic rings. The number of halogens is 3. The van der Waals surface area contributed by atoms with Crippen LogP contribution in [0.25, 0.3) is 0 Å². The molecule has 1 rings (SSSR count). The van der Waals surface area contributed by atoms with Gasteiger partial charge in [-0.2, -0.15) is 0 Å². The second kappa shape index (κ2) is 5.51. The third-order valence-electron chi connectivity index (χ3n) is 1.09. The van der Waals surface area contributed by atoms with Crippen LogP contribution in [0.15, 0.2) is 24.3 Å². The molecule has 0 fully saturated rings. The van der Waals surface area contributed by atoms with E-state index in [1.807, 2.05) is 0 Å². The summed E-state index contributed by atoms with van der Waals surface area (Å²) in [6.45, 7) is 0. The number of rotatable bonds is 1. The van der Waals surface area contributed by atoms with Crippen molar-refractivity contribution >= 4 is 13.3 Å². The predicted molar refractivity (Wildman–Crippen MR) is 42.4 cm³/mol. The van der Waals surface area contributed by atoms with E-state index in [2.05, 4.69) is 4.74 Å². The maximum Gasteiger partial charge on any atom is -0.870 e. The van der Waals surface area contributed by atoms with Crippen LogP contribution < -0.4 is 10.2 Å². The summed E-state index contributed by atoms with van der Waals surface area (Å²) in [7, 11) is 5.23. The van der Waals surface area contributed by atoms with Crippen LogP contribution in [0.1, 0.15) is 0 Å². The molecular weight excluding hydrogens is 200 g/mol. The molecule has 0 radical (unpaired) electrons. The fourth-order valence-corrected chi connectivity index (χ4v) is 0.712. The summed E-state index contributed by atoms with van der Waals surface area (Å²) in [5, 5.41) is 0. The molecule has 0 spiro atoms. The first-order valence-corrected chi connectivity index (χ1v) is 3.09. The van der Waals surface area contributed by atoms with Gasteiger partial charge in [-0.1, -0.05) is 0 Å². The van der Waals surface area contributed by atoms with Gasteiger partial charge >= 0.3 is 67.6 Å². The maximum absolute atomic E-state index is 11.6. The normalized spacial score (nSPS) is 9.79. The molecule has 1 aromatic carbocycles. The van der Waals surface area contributed by atoms with Crippen LogP contribution in [0, 0.1) is 0 Å². The van der Waals surface area contributed by atoms with Crippen molar-refractivity contribution in [1.29, 1.82) is 0 Å². The Labute approximate surface area is 79.5 Å². The number of benzene rings is 1. The summed E-state index contributed by atoms with van der Waals surface area (Å²) >= 11 is 0. The molecule has 0 aromatic heterocycles. The summed E-state index contributed by atoms with van der Waals surface area (Å²) < 4.78 is 38.4. The van der Waals surface area contributed by atoms with Crippen molar-refractivity contribution in [2.45, 2.75) is 6.36 Å². The van der Waals surface area contributed by atoms with Crippen LogP contribution in [-0.2, 0) is 0 Å². The van der Waals surface area contributed by atoms with Gasteiger partial charge < -0.3 is 11.0 Å². The van der Waals surface area contributed by atoms with E-state index in [1.165, 1.54) is 18.2 Å². The van der Waals surface area contributed by atoms with Gasteiger partial charge in [0, 0.05) is 0 Å². The minimum Gasteiger partial charge on any atom is -0.870 e. The minimum atomic E-state index is -4.66. The molecule has 7 heteroatoms. The summed E-state index contributed by atoms with van der Waals surface area (Å²) in [6.07, 6.45) is -4.66. The third-order valence-corrected chi connectivity index (χ3v) is 1.09. The van der Waals surface area contributed by atoms with E-state index in [-0.39, 0.29) is 22.2 Å². The van der Waals surface area contributed by atoms with Crippen molar-refractivity contribution in [3.8, 4) is 5.75 Å². The molecule has 3 nitrogen and oxygen atoms in total. The van der Waals surface area contributed by atoms with Gasteiger partial charge in [-0.05, 0) is 0 Å². The Morgan fingerprint density at radius 1 is 1.14 bits per heavy atom. The smallest absolute Gasteiger partial charge is 0.870 e. The van der Waals surface area contributed by atoms with Gasteiger partial charge in [-0.15, -0.1) is 0 Å². The van der Waals surface area contributed by atoms with Gasteiger partial charge in [0.15, 0.2) is 0 Å². The van der Waals surface area contributed by atoms with E-state index in [9.17, 15) is 13.2 Å². The first-order valence-electron chi connectivity index (χ1n) is 3.09. The molecule has 14 heavy (non-hydrogen) atoms. The second-order valence-electron chi connectivity index (χ2n) is 2.12. The standard InChI is InChI=1S/C7H4BF3O.2H2O/c8-5-2-1-3-6(4-5)12-7(9,10)11;;/h1-4H;2*1H2/q+2;;/p-2. The van der Waals surface area contributed by atoms with Crippen LogP contribution in [0.5, 0.6) is 5.75 Å². The average molecular weight is 206 g/mol. The zero-order valence-electron chi connectivity index (χ0n) is 6.82. The number of hydrogen-bond donors (Lipinski definition) is 0. The molecule has 76 valence electrons.